The van der Waals surface area contributed by atoms with E-state index in [1.165, 1.54) is 12.1 Å². The summed E-state index contributed by atoms with van der Waals surface area (Å²) in [6.45, 7) is 5.43. The number of halogens is 1. The Morgan fingerprint density at radius 2 is 2.06 bits per heavy atom. The fourth-order valence-corrected chi connectivity index (χ4v) is 1.78. The normalized spacial score (nSPS) is 13.3. The third kappa shape index (κ3) is 4.68. The minimum Gasteiger partial charge on any atom is -0.395 e. The van der Waals surface area contributed by atoms with E-state index in [2.05, 4.69) is 9.88 Å². The summed E-state index contributed by atoms with van der Waals surface area (Å²) in [5.41, 5.74) is 0.476. The summed E-state index contributed by atoms with van der Waals surface area (Å²) in [6.07, 6.45) is 0.911. The van der Waals surface area contributed by atoms with E-state index in [1.54, 1.807) is 0 Å². The number of hydrogen-bond donors (Lipinski definition) is 2. The van der Waals surface area contributed by atoms with E-state index in [9.17, 15) is 9.50 Å². The molecule has 1 aromatic heterocycles. The zero-order valence-corrected chi connectivity index (χ0v) is 10.9. The molecule has 102 valence electrons. The lowest BCUT2D eigenvalue weighted by molar-refractivity contribution is 0.114. The molecule has 2 N–H and O–H groups in total. The van der Waals surface area contributed by atoms with Crippen molar-refractivity contribution >= 4 is 0 Å². The van der Waals surface area contributed by atoms with E-state index in [1.807, 2.05) is 13.8 Å². The van der Waals surface area contributed by atoms with Crippen LogP contribution in [0.2, 0.25) is 0 Å². The Hall–Kier alpha value is -1.04. The maximum absolute atomic E-state index is 12.7. The van der Waals surface area contributed by atoms with Crippen molar-refractivity contribution in [1.29, 1.82) is 0 Å². The number of aliphatic hydroxyl groups is 2. The highest BCUT2D eigenvalue weighted by Crippen LogP contribution is 2.15. The van der Waals surface area contributed by atoms with Crippen LogP contribution >= 0.6 is 0 Å². The summed E-state index contributed by atoms with van der Waals surface area (Å²) in [4.78, 5) is 5.93. The van der Waals surface area contributed by atoms with Gasteiger partial charge in [-0.2, -0.15) is 0 Å². The van der Waals surface area contributed by atoms with Crippen molar-refractivity contribution in [3.05, 3.63) is 29.8 Å². The van der Waals surface area contributed by atoms with Gasteiger partial charge in [-0.1, -0.05) is 0 Å². The van der Waals surface area contributed by atoms with Crippen LogP contribution in [0.15, 0.2) is 18.3 Å². The lowest BCUT2D eigenvalue weighted by Gasteiger charge is -2.26. The number of rotatable bonds is 7. The van der Waals surface area contributed by atoms with Crippen LogP contribution in [0.5, 0.6) is 0 Å². The van der Waals surface area contributed by atoms with Crippen LogP contribution in [0.1, 0.15) is 32.1 Å². The molecule has 5 heteroatoms. The highest BCUT2D eigenvalue weighted by atomic mass is 19.1. The number of aromatic nitrogens is 1. The highest BCUT2D eigenvalue weighted by Gasteiger charge is 2.14. The van der Waals surface area contributed by atoms with Crippen LogP contribution < -0.4 is 0 Å². The Morgan fingerprint density at radius 3 is 2.56 bits per heavy atom. The van der Waals surface area contributed by atoms with Gasteiger partial charge in [0, 0.05) is 19.1 Å². The average Bonchev–Trinajstić information content (AvgIpc) is 2.34. The fourth-order valence-electron chi connectivity index (χ4n) is 1.78. The first-order valence-corrected chi connectivity index (χ1v) is 6.19. The molecule has 0 aromatic carbocycles. The van der Waals surface area contributed by atoms with Gasteiger partial charge < -0.3 is 10.2 Å². The van der Waals surface area contributed by atoms with Gasteiger partial charge in [0.1, 0.15) is 5.82 Å². The first-order valence-electron chi connectivity index (χ1n) is 6.19. The van der Waals surface area contributed by atoms with Gasteiger partial charge >= 0.3 is 0 Å². The number of aliphatic hydroxyl groups excluding tert-OH is 2. The average molecular weight is 256 g/mol. The SMILES string of the molecule is CC(C)N(CCO)CCC(O)c1ccc(F)cn1. The molecule has 0 amide bonds. The smallest absolute Gasteiger partial charge is 0.141 e. The second-order valence-electron chi connectivity index (χ2n) is 4.56. The molecule has 4 nitrogen and oxygen atoms in total. The Morgan fingerprint density at radius 1 is 1.33 bits per heavy atom. The van der Waals surface area contributed by atoms with Crippen molar-refractivity contribution in [2.75, 3.05) is 19.7 Å². The summed E-state index contributed by atoms with van der Waals surface area (Å²) < 4.78 is 12.7. The molecule has 0 bridgehead atoms. The molecule has 0 aliphatic rings. The Labute approximate surface area is 107 Å². The summed E-state index contributed by atoms with van der Waals surface area (Å²) in [7, 11) is 0. The van der Waals surface area contributed by atoms with Crippen molar-refractivity contribution in [3.8, 4) is 0 Å². The summed E-state index contributed by atoms with van der Waals surface area (Å²) in [5, 5.41) is 18.9. The lowest BCUT2D eigenvalue weighted by Crippen LogP contribution is -2.35. The van der Waals surface area contributed by atoms with Gasteiger partial charge in [-0.15, -0.1) is 0 Å². The second-order valence-corrected chi connectivity index (χ2v) is 4.56. The van der Waals surface area contributed by atoms with Crippen LogP contribution in [-0.4, -0.2) is 45.8 Å². The predicted octanol–water partition coefficient (Wildman–Crippen LogP) is 1.35. The Kier molecular flexibility index (Phi) is 6.18. The molecule has 1 atom stereocenters. The molecule has 1 unspecified atom stereocenters. The van der Waals surface area contributed by atoms with E-state index >= 15 is 0 Å². The van der Waals surface area contributed by atoms with E-state index < -0.39 is 11.9 Å². The summed E-state index contributed by atoms with van der Waals surface area (Å²) in [5.74, 6) is -0.407. The second kappa shape index (κ2) is 7.41. The van der Waals surface area contributed by atoms with Crippen molar-refractivity contribution in [2.24, 2.45) is 0 Å². The van der Waals surface area contributed by atoms with Crippen molar-refractivity contribution in [3.63, 3.8) is 0 Å². The third-order valence-electron chi connectivity index (χ3n) is 2.90. The zero-order valence-electron chi connectivity index (χ0n) is 10.9. The third-order valence-corrected chi connectivity index (χ3v) is 2.90. The fraction of sp³-hybridized carbons (Fsp3) is 0.615. The van der Waals surface area contributed by atoms with Gasteiger partial charge in [0.2, 0.25) is 0 Å². The highest BCUT2D eigenvalue weighted by molar-refractivity contribution is 5.07. The molecule has 0 saturated carbocycles. The molecule has 0 saturated heterocycles. The van der Waals surface area contributed by atoms with Gasteiger partial charge in [0.15, 0.2) is 0 Å². The minimum atomic E-state index is -0.703. The van der Waals surface area contributed by atoms with Gasteiger partial charge in [0.05, 0.1) is 24.6 Å². The molecular weight excluding hydrogens is 235 g/mol. The standard InChI is InChI=1S/C13H21FN2O2/c1-10(2)16(7-8-17)6-5-13(18)12-4-3-11(14)9-15-12/h3-4,9-10,13,17-18H,5-8H2,1-2H3. The Bertz CT molecular complexity index is 343. The maximum Gasteiger partial charge on any atom is 0.141 e. The largest absolute Gasteiger partial charge is 0.395 e. The molecular formula is C13H21FN2O2. The lowest BCUT2D eigenvalue weighted by atomic mass is 10.1. The van der Waals surface area contributed by atoms with E-state index in [0.29, 0.717) is 31.2 Å². The molecule has 0 radical (unpaired) electrons. The predicted molar refractivity (Wildman–Crippen MR) is 67.6 cm³/mol. The minimum absolute atomic E-state index is 0.100. The summed E-state index contributed by atoms with van der Waals surface area (Å²) in [6, 6.07) is 3.09. The van der Waals surface area contributed by atoms with Crippen molar-refractivity contribution < 1.29 is 14.6 Å². The van der Waals surface area contributed by atoms with Crippen LogP contribution in [0.25, 0.3) is 0 Å². The van der Waals surface area contributed by atoms with Crippen LogP contribution in [0.4, 0.5) is 4.39 Å². The molecule has 1 heterocycles. The van der Waals surface area contributed by atoms with Crippen LogP contribution in [-0.2, 0) is 0 Å². The van der Waals surface area contributed by atoms with Gasteiger partial charge in [0.25, 0.3) is 0 Å². The van der Waals surface area contributed by atoms with E-state index in [4.69, 9.17) is 5.11 Å². The van der Waals surface area contributed by atoms with Crippen LogP contribution in [0.3, 0.4) is 0 Å². The van der Waals surface area contributed by atoms with Gasteiger partial charge in [-0.3, -0.25) is 9.88 Å². The topological polar surface area (TPSA) is 56.6 Å². The van der Waals surface area contributed by atoms with Crippen molar-refractivity contribution in [2.45, 2.75) is 32.4 Å². The molecule has 0 aliphatic carbocycles. The first kappa shape index (κ1) is 15.0. The van der Waals surface area contributed by atoms with Gasteiger partial charge in [-0.25, -0.2) is 4.39 Å². The number of pyridine rings is 1. The van der Waals surface area contributed by atoms with Crippen molar-refractivity contribution in [1.82, 2.24) is 9.88 Å². The molecule has 0 spiro atoms. The van der Waals surface area contributed by atoms with Gasteiger partial charge in [-0.05, 0) is 32.4 Å². The maximum atomic E-state index is 12.7. The quantitative estimate of drug-likeness (QED) is 0.773. The monoisotopic (exact) mass is 256 g/mol. The van der Waals surface area contributed by atoms with E-state index in [0.717, 1.165) is 6.20 Å². The molecule has 0 fully saturated rings. The number of nitrogens with zero attached hydrogens (tertiary/aromatic N) is 2. The Balaban J connectivity index is 2.48. The van der Waals surface area contributed by atoms with E-state index in [-0.39, 0.29) is 6.61 Å². The molecule has 1 aromatic rings. The zero-order chi connectivity index (χ0) is 13.5. The summed E-state index contributed by atoms with van der Waals surface area (Å²) >= 11 is 0. The first-order chi connectivity index (χ1) is 8.54. The molecule has 1 rings (SSSR count). The number of hydrogen-bond acceptors (Lipinski definition) is 4. The van der Waals surface area contributed by atoms with Crippen LogP contribution in [0, 0.1) is 5.82 Å². The molecule has 0 aliphatic heterocycles. The molecule has 18 heavy (non-hydrogen) atoms.